The molecular formula is C18H23BrN4O. The van der Waals surface area contributed by atoms with Gasteiger partial charge >= 0.3 is 0 Å². The molecule has 0 fully saturated rings. The number of anilines is 2. The van der Waals surface area contributed by atoms with Crippen molar-refractivity contribution in [2.75, 3.05) is 18.4 Å². The van der Waals surface area contributed by atoms with E-state index < -0.39 is 0 Å². The number of carbonyl (C=O) groups is 1. The van der Waals surface area contributed by atoms with E-state index in [0.29, 0.717) is 11.6 Å². The van der Waals surface area contributed by atoms with Crippen LogP contribution in [-0.2, 0) is 0 Å². The number of hydrogen-bond donors (Lipinski definition) is 1. The maximum Gasteiger partial charge on any atom is 0.272 e. The Balaban J connectivity index is 2.25. The summed E-state index contributed by atoms with van der Waals surface area (Å²) in [5.74, 6) is 0.394. The molecular weight excluding hydrogens is 368 g/mol. The number of aromatic nitrogens is 2. The van der Waals surface area contributed by atoms with Gasteiger partial charge in [-0.1, -0.05) is 35.8 Å². The van der Waals surface area contributed by atoms with Crippen LogP contribution in [-0.4, -0.2) is 33.9 Å². The van der Waals surface area contributed by atoms with Crippen LogP contribution < -0.4 is 5.32 Å². The van der Waals surface area contributed by atoms with Crippen molar-refractivity contribution in [2.24, 2.45) is 0 Å². The Morgan fingerprint density at radius 1 is 1.17 bits per heavy atom. The van der Waals surface area contributed by atoms with Gasteiger partial charge in [0.1, 0.15) is 5.69 Å². The molecule has 1 N–H and O–H groups in total. The molecule has 0 saturated heterocycles. The van der Waals surface area contributed by atoms with Crippen molar-refractivity contribution in [3.8, 4) is 0 Å². The average Bonchev–Trinajstić information content (AvgIpc) is 2.53. The van der Waals surface area contributed by atoms with Crippen LogP contribution in [0.5, 0.6) is 0 Å². The van der Waals surface area contributed by atoms with Gasteiger partial charge in [-0.05, 0) is 44.0 Å². The van der Waals surface area contributed by atoms with Crippen LogP contribution in [0, 0.1) is 6.92 Å². The van der Waals surface area contributed by atoms with Crippen molar-refractivity contribution < 1.29 is 4.79 Å². The first-order valence-electron chi connectivity index (χ1n) is 8.21. The third-order valence-corrected chi connectivity index (χ3v) is 3.92. The number of halogens is 1. The van der Waals surface area contributed by atoms with E-state index in [1.54, 1.807) is 6.07 Å². The number of hydrogen-bond acceptors (Lipinski definition) is 4. The standard InChI is InChI=1S/C18H23BrN4O/c1-4-9-23(10-5-2)17(24)16-11-13(3)20-18(22-16)21-15-8-6-7-14(19)12-15/h6-8,11-12H,4-5,9-10H2,1-3H3,(H,20,21,22). The van der Waals surface area contributed by atoms with Crippen LogP contribution in [0.1, 0.15) is 42.9 Å². The minimum absolute atomic E-state index is 0.0403. The Kier molecular flexibility index (Phi) is 6.73. The normalized spacial score (nSPS) is 10.5. The molecule has 128 valence electrons. The lowest BCUT2D eigenvalue weighted by Crippen LogP contribution is -2.33. The van der Waals surface area contributed by atoms with Crippen molar-refractivity contribution in [1.29, 1.82) is 0 Å². The predicted octanol–water partition coefficient (Wildman–Crippen LogP) is 4.55. The SMILES string of the molecule is CCCN(CCC)C(=O)c1cc(C)nc(Nc2cccc(Br)c2)n1. The molecule has 0 unspecified atom stereocenters. The molecule has 0 bridgehead atoms. The van der Waals surface area contributed by atoms with Gasteiger partial charge in [-0.3, -0.25) is 4.79 Å². The monoisotopic (exact) mass is 390 g/mol. The second-order valence-electron chi connectivity index (χ2n) is 5.65. The summed E-state index contributed by atoms with van der Waals surface area (Å²) in [6.45, 7) is 7.49. The Labute approximate surface area is 151 Å². The fraction of sp³-hybridized carbons (Fsp3) is 0.389. The molecule has 0 radical (unpaired) electrons. The quantitative estimate of drug-likeness (QED) is 0.752. The summed E-state index contributed by atoms with van der Waals surface area (Å²) in [6.07, 6.45) is 1.86. The third-order valence-electron chi connectivity index (χ3n) is 3.43. The molecule has 0 aliphatic rings. The van der Waals surface area contributed by atoms with E-state index >= 15 is 0 Å². The van der Waals surface area contributed by atoms with Crippen molar-refractivity contribution in [2.45, 2.75) is 33.6 Å². The minimum Gasteiger partial charge on any atom is -0.337 e. The highest BCUT2D eigenvalue weighted by Gasteiger charge is 2.17. The molecule has 1 heterocycles. The van der Waals surface area contributed by atoms with Crippen molar-refractivity contribution in [3.05, 3.63) is 46.2 Å². The van der Waals surface area contributed by atoms with Gasteiger partial charge < -0.3 is 10.2 Å². The van der Waals surface area contributed by atoms with Gasteiger partial charge in [0.05, 0.1) is 0 Å². The van der Waals surface area contributed by atoms with E-state index in [9.17, 15) is 4.79 Å². The Hall–Kier alpha value is -1.95. The summed E-state index contributed by atoms with van der Waals surface area (Å²) in [7, 11) is 0. The molecule has 0 saturated carbocycles. The highest BCUT2D eigenvalue weighted by Crippen LogP contribution is 2.19. The predicted molar refractivity (Wildman–Crippen MR) is 101 cm³/mol. The highest BCUT2D eigenvalue weighted by atomic mass is 79.9. The molecule has 0 spiro atoms. The number of aryl methyl sites for hydroxylation is 1. The Bertz CT molecular complexity index is 699. The molecule has 2 rings (SSSR count). The Morgan fingerprint density at radius 2 is 1.88 bits per heavy atom. The number of amides is 1. The summed E-state index contributed by atoms with van der Waals surface area (Å²) < 4.78 is 0.966. The van der Waals surface area contributed by atoms with Gasteiger partial charge in [0, 0.05) is 28.9 Å². The van der Waals surface area contributed by atoms with Gasteiger partial charge in [-0.25, -0.2) is 9.97 Å². The first-order chi connectivity index (χ1) is 11.5. The maximum absolute atomic E-state index is 12.7. The average molecular weight is 391 g/mol. The van der Waals surface area contributed by atoms with Gasteiger partial charge in [-0.2, -0.15) is 0 Å². The van der Waals surface area contributed by atoms with Gasteiger partial charge in [0.15, 0.2) is 0 Å². The molecule has 24 heavy (non-hydrogen) atoms. The van der Waals surface area contributed by atoms with Gasteiger partial charge in [-0.15, -0.1) is 0 Å². The van der Waals surface area contributed by atoms with Crippen molar-refractivity contribution >= 4 is 33.5 Å². The molecule has 0 atom stereocenters. The van der Waals surface area contributed by atoms with E-state index in [0.717, 1.165) is 41.8 Å². The fourth-order valence-electron chi connectivity index (χ4n) is 2.45. The number of nitrogens with one attached hydrogen (secondary N) is 1. The maximum atomic E-state index is 12.7. The molecule has 5 nitrogen and oxygen atoms in total. The van der Waals surface area contributed by atoms with Crippen molar-refractivity contribution in [3.63, 3.8) is 0 Å². The summed E-state index contributed by atoms with van der Waals surface area (Å²) in [6, 6.07) is 9.49. The van der Waals surface area contributed by atoms with Crippen LogP contribution in [0.4, 0.5) is 11.6 Å². The smallest absolute Gasteiger partial charge is 0.272 e. The lowest BCUT2D eigenvalue weighted by molar-refractivity contribution is 0.0749. The summed E-state index contributed by atoms with van der Waals surface area (Å²) in [4.78, 5) is 23.4. The molecule has 0 aliphatic heterocycles. The van der Waals surface area contributed by atoms with Gasteiger partial charge in [0.25, 0.3) is 5.91 Å². The van der Waals surface area contributed by atoms with E-state index in [-0.39, 0.29) is 5.91 Å². The zero-order chi connectivity index (χ0) is 17.5. The number of nitrogens with zero attached hydrogens (tertiary/aromatic N) is 3. The third kappa shape index (κ3) is 5.03. The zero-order valence-electron chi connectivity index (χ0n) is 14.3. The first-order valence-corrected chi connectivity index (χ1v) is 9.00. The van der Waals surface area contributed by atoms with Crippen LogP contribution in [0.3, 0.4) is 0 Å². The topological polar surface area (TPSA) is 58.1 Å². The molecule has 1 amide bonds. The molecule has 2 aromatic rings. The summed E-state index contributed by atoms with van der Waals surface area (Å²) in [5, 5.41) is 3.16. The van der Waals surface area contributed by atoms with Crippen LogP contribution in [0.25, 0.3) is 0 Å². The largest absolute Gasteiger partial charge is 0.337 e. The van der Waals surface area contributed by atoms with E-state index in [1.807, 2.05) is 36.1 Å². The lowest BCUT2D eigenvalue weighted by atomic mass is 10.2. The van der Waals surface area contributed by atoms with Gasteiger partial charge in [0.2, 0.25) is 5.95 Å². The first kappa shape index (κ1) is 18.4. The number of carbonyl (C=O) groups excluding carboxylic acids is 1. The molecule has 1 aromatic carbocycles. The lowest BCUT2D eigenvalue weighted by Gasteiger charge is -2.21. The fourth-order valence-corrected chi connectivity index (χ4v) is 2.85. The van der Waals surface area contributed by atoms with Crippen LogP contribution in [0.15, 0.2) is 34.8 Å². The number of rotatable bonds is 7. The van der Waals surface area contributed by atoms with Crippen molar-refractivity contribution in [1.82, 2.24) is 14.9 Å². The van der Waals surface area contributed by atoms with E-state index in [1.165, 1.54) is 0 Å². The van der Waals surface area contributed by atoms with E-state index in [4.69, 9.17) is 0 Å². The molecule has 1 aromatic heterocycles. The van der Waals surface area contributed by atoms with E-state index in [2.05, 4.69) is 45.1 Å². The van der Waals surface area contributed by atoms with Crippen LogP contribution in [0.2, 0.25) is 0 Å². The molecule has 6 heteroatoms. The highest BCUT2D eigenvalue weighted by molar-refractivity contribution is 9.10. The molecule has 0 aliphatic carbocycles. The number of benzene rings is 1. The minimum atomic E-state index is -0.0403. The second kappa shape index (κ2) is 8.78. The Morgan fingerprint density at radius 3 is 2.50 bits per heavy atom. The zero-order valence-corrected chi connectivity index (χ0v) is 15.9. The summed E-state index contributed by atoms with van der Waals surface area (Å²) in [5.41, 5.74) is 2.06. The second-order valence-corrected chi connectivity index (χ2v) is 6.56. The summed E-state index contributed by atoms with van der Waals surface area (Å²) >= 11 is 3.44. The van der Waals surface area contributed by atoms with Crippen LogP contribution >= 0.6 is 15.9 Å².